The third kappa shape index (κ3) is 3.29. The molecule has 4 atom stereocenters. The van der Waals surface area contributed by atoms with Gasteiger partial charge in [0.25, 0.3) is 0 Å². The van der Waals surface area contributed by atoms with Gasteiger partial charge in [0.15, 0.2) is 5.60 Å². The van der Waals surface area contributed by atoms with Crippen LogP contribution in [0.5, 0.6) is 0 Å². The minimum absolute atomic E-state index is 0.144. The first-order chi connectivity index (χ1) is 15.6. The molecule has 2 N–H and O–H groups in total. The highest BCUT2D eigenvalue weighted by molar-refractivity contribution is 5.82. The van der Waals surface area contributed by atoms with Gasteiger partial charge in [-0.25, -0.2) is 9.07 Å². The van der Waals surface area contributed by atoms with Crippen molar-refractivity contribution in [3.05, 3.63) is 59.5 Å². The van der Waals surface area contributed by atoms with E-state index in [0.29, 0.717) is 31.4 Å². The zero-order valence-corrected chi connectivity index (χ0v) is 18.2. The molecule has 1 saturated carbocycles. The molecule has 0 radical (unpaired) electrons. The molecule has 2 aromatic carbocycles. The quantitative estimate of drug-likeness (QED) is 0.514. The van der Waals surface area contributed by atoms with Gasteiger partial charge in [-0.15, -0.1) is 0 Å². The zero-order valence-electron chi connectivity index (χ0n) is 18.2. The maximum absolute atomic E-state index is 13.7. The molecule has 176 valence electrons. The number of aryl methyl sites for hydroxylation is 1. The topological polar surface area (TPSA) is 58.3 Å². The third-order valence-electron chi connectivity index (χ3n) is 7.97. The molecule has 0 bridgehead atoms. The summed E-state index contributed by atoms with van der Waals surface area (Å²) in [6.07, 6.45) is -3.22. The fourth-order valence-corrected chi connectivity index (χ4v) is 6.14. The summed E-state index contributed by atoms with van der Waals surface area (Å²) in [4.78, 5) is 0. The Morgan fingerprint density at radius 2 is 1.88 bits per heavy atom. The summed E-state index contributed by atoms with van der Waals surface area (Å²) in [5.41, 5.74) is -0.213. The minimum Gasteiger partial charge on any atom is -0.390 e. The molecule has 5 rings (SSSR count). The number of nitrogens with zero attached hydrogens (tertiary/aromatic N) is 2. The number of aromatic nitrogens is 2. The highest BCUT2D eigenvalue weighted by atomic mass is 19.4. The van der Waals surface area contributed by atoms with Crippen molar-refractivity contribution in [1.82, 2.24) is 9.78 Å². The van der Waals surface area contributed by atoms with Gasteiger partial charge in [-0.3, -0.25) is 0 Å². The summed E-state index contributed by atoms with van der Waals surface area (Å²) in [6.45, 7) is 1.94. The summed E-state index contributed by atoms with van der Waals surface area (Å²) in [5.74, 6) is -0.738. The molecule has 0 unspecified atom stereocenters. The first-order valence-electron chi connectivity index (χ1n) is 11.3. The van der Waals surface area contributed by atoms with E-state index in [-0.39, 0.29) is 12.2 Å². The van der Waals surface area contributed by atoms with Gasteiger partial charge in [0.1, 0.15) is 5.82 Å². The average Bonchev–Trinajstić information content (AvgIpc) is 3.11. The van der Waals surface area contributed by atoms with E-state index in [1.807, 2.05) is 19.1 Å². The second kappa shape index (κ2) is 7.53. The van der Waals surface area contributed by atoms with Gasteiger partial charge >= 0.3 is 6.18 Å². The standard InChI is InChI=1S/C25H26F4N2O2/c1-2-23-13-22(32)24(33,25(27,28)29)12-17(23)5-3-4-15-11-21-16(10-20(15)23)14-30-31(21)19-8-6-18(26)7-9-19/h6-11,14,17,22,32-33H,2-5,12-13H2,1H3/t17-,22+,23-,24+/m0/s1. The maximum atomic E-state index is 13.7. The van der Waals surface area contributed by atoms with Crippen LogP contribution in [0, 0.1) is 11.7 Å². The molecule has 2 aliphatic rings. The lowest BCUT2D eigenvalue weighted by molar-refractivity contribution is -0.310. The van der Waals surface area contributed by atoms with Crippen LogP contribution >= 0.6 is 0 Å². The van der Waals surface area contributed by atoms with Gasteiger partial charge in [0.2, 0.25) is 0 Å². The SMILES string of the molecule is CC[C@]12C[C@@H](O)[C@@](O)(C(F)(F)F)C[C@@H]1CCCc1cc3c(cnn3-c3ccc(F)cc3)cc12. The number of alkyl halides is 3. The molecule has 33 heavy (non-hydrogen) atoms. The molecular formula is C25H26F4N2O2. The predicted octanol–water partition coefficient (Wildman–Crippen LogP) is 5.21. The van der Waals surface area contributed by atoms with Crippen molar-refractivity contribution in [3.8, 4) is 5.69 Å². The molecule has 3 aromatic rings. The van der Waals surface area contributed by atoms with Gasteiger partial charge in [0.05, 0.1) is 23.5 Å². The molecule has 2 aliphatic carbocycles. The molecule has 1 fully saturated rings. The molecule has 0 saturated heterocycles. The normalized spacial score (nSPS) is 30.0. The number of aliphatic hydroxyl groups is 2. The lowest BCUT2D eigenvalue weighted by Gasteiger charge is -2.52. The van der Waals surface area contributed by atoms with Crippen LogP contribution in [0.15, 0.2) is 42.6 Å². The predicted molar refractivity (Wildman–Crippen MR) is 116 cm³/mol. The lowest BCUT2D eigenvalue weighted by atomic mass is 9.55. The van der Waals surface area contributed by atoms with Crippen molar-refractivity contribution in [2.75, 3.05) is 0 Å². The van der Waals surface area contributed by atoms with Gasteiger partial charge in [0, 0.05) is 10.8 Å². The summed E-state index contributed by atoms with van der Waals surface area (Å²) in [6, 6.07) is 10.0. The van der Waals surface area contributed by atoms with E-state index in [0.717, 1.165) is 22.0 Å². The third-order valence-corrected chi connectivity index (χ3v) is 7.97. The highest BCUT2D eigenvalue weighted by Crippen LogP contribution is 2.57. The second-order valence-corrected chi connectivity index (χ2v) is 9.55. The Hall–Kier alpha value is -2.45. The molecule has 8 heteroatoms. The van der Waals surface area contributed by atoms with E-state index in [1.54, 1.807) is 23.0 Å². The lowest BCUT2D eigenvalue weighted by Crippen LogP contribution is -2.62. The monoisotopic (exact) mass is 462 g/mol. The molecule has 0 amide bonds. The minimum atomic E-state index is -4.89. The van der Waals surface area contributed by atoms with Crippen LogP contribution in [-0.4, -0.2) is 37.9 Å². The van der Waals surface area contributed by atoms with Crippen LogP contribution in [0.3, 0.4) is 0 Å². The van der Waals surface area contributed by atoms with Crippen LogP contribution in [0.2, 0.25) is 0 Å². The van der Waals surface area contributed by atoms with Crippen LogP contribution in [0.4, 0.5) is 17.6 Å². The summed E-state index contributed by atoms with van der Waals surface area (Å²) in [7, 11) is 0. The van der Waals surface area contributed by atoms with E-state index in [4.69, 9.17) is 0 Å². The largest absolute Gasteiger partial charge is 0.419 e. The Morgan fingerprint density at radius 1 is 1.15 bits per heavy atom. The summed E-state index contributed by atoms with van der Waals surface area (Å²) in [5, 5.41) is 26.4. The average molecular weight is 462 g/mol. The first kappa shape index (κ1) is 22.3. The summed E-state index contributed by atoms with van der Waals surface area (Å²) >= 11 is 0. The second-order valence-electron chi connectivity index (χ2n) is 9.55. The fraction of sp³-hybridized carbons (Fsp3) is 0.480. The molecule has 0 spiro atoms. The van der Waals surface area contributed by atoms with Crippen LogP contribution < -0.4 is 0 Å². The molecule has 1 aromatic heterocycles. The van der Waals surface area contributed by atoms with Crippen molar-refractivity contribution < 1.29 is 27.8 Å². The van der Waals surface area contributed by atoms with E-state index in [1.165, 1.54) is 12.1 Å². The highest BCUT2D eigenvalue weighted by Gasteiger charge is 2.65. The molecular weight excluding hydrogens is 436 g/mol. The number of hydrogen-bond donors (Lipinski definition) is 2. The van der Waals surface area contributed by atoms with Crippen LogP contribution in [0.1, 0.15) is 50.2 Å². The maximum Gasteiger partial charge on any atom is 0.419 e. The van der Waals surface area contributed by atoms with Gasteiger partial charge in [-0.1, -0.05) is 6.92 Å². The van der Waals surface area contributed by atoms with Crippen LogP contribution in [0.25, 0.3) is 16.6 Å². The fourth-order valence-electron chi connectivity index (χ4n) is 6.14. The zero-order chi connectivity index (χ0) is 23.6. The Kier molecular flexibility index (Phi) is 5.10. The number of halogens is 4. The Bertz CT molecular complexity index is 1190. The summed E-state index contributed by atoms with van der Waals surface area (Å²) < 4.78 is 56.2. The van der Waals surface area contributed by atoms with E-state index >= 15 is 0 Å². The van der Waals surface area contributed by atoms with Crippen molar-refractivity contribution in [3.63, 3.8) is 0 Å². The van der Waals surface area contributed by atoms with Crippen molar-refractivity contribution in [2.45, 2.75) is 68.7 Å². The number of rotatable bonds is 2. The van der Waals surface area contributed by atoms with E-state index in [9.17, 15) is 27.8 Å². The Labute approximate surface area is 188 Å². The van der Waals surface area contributed by atoms with Crippen molar-refractivity contribution in [2.24, 2.45) is 5.92 Å². The van der Waals surface area contributed by atoms with E-state index < -0.39 is 35.6 Å². The van der Waals surface area contributed by atoms with Gasteiger partial charge in [-0.2, -0.15) is 18.3 Å². The van der Waals surface area contributed by atoms with Gasteiger partial charge < -0.3 is 10.2 Å². The van der Waals surface area contributed by atoms with Gasteiger partial charge in [-0.05, 0) is 92.0 Å². The Morgan fingerprint density at radius 3 is 2.55 bits per heavy atom. The Balaban J connectivity index is 1.64. The molecule has 1 heterocycles. The van der Waals surface area contributed by atoms with E-state index in [2.05, 4.69) is 5.10 Å². The number of benzene rings is 2. The van der Waals surface area contributed by atoms with Crippen molar-refractivity contribution in [1.29, 1.82) is 0 Å². The smallest absolute Gasteiger partial charge is 0.390 e. The molecule has 4 nitrogen and oxygen atoms in total. The van der Waals surface area contributed by atoms with Crippen LogP contribution in [-0.2, 0) is 11.8 Å². The number of aliphatic hydroxyl groups excluding tert-OH is 1. The number of hydrogen-bond acceptors (Lipinski definition) is 3. The first-order valence-corrected chi connectivity index (χ1v) is 11.3. The van der Waals surface area contributed by atoms with Crippen molar-refractivity contribution >= 4 is 10.9 Å². The number of fused-ring (bicyclic) bond motifs is 4. The molecule has 0 aliphatic heterocycles.